The molecule has 0 amide bonds. The minimum absolute atomic E-state index is 0.271. The molecule has 1 N–H and O–H groups in total. The molecule has 0 aliphatic carbocycles. The van der Waals surface area contributed by atoms with Crippen LogP contribution in [0.2, 0.25) is 0 Å². The predicted octanol–water partition coefficient (Wildman–Crippen LogP) is 2.56. The first kappa shape index (κ1) is 9.68. The van der Waals surface area contributed by atoms with E-state index in [1.54, 1.807) is 19.1 Å². The Kier molecular flexibility index (Phi) is 3.23. The third kappa shape index (κ3) is 2.05. The van der Waals surface area contributed by atoms with Crippen LogP contribution in [0.5, 0.6) is 0 Å². The van der Waals surface area contributed by atoms with Gasteiger partial charge in [0.05, 0.1) is 6.10 Å². The van der Waals surface area contributed by atoms with Crippen molar-refractivity contribution in [1.29, 1.82) is 0 Å². The van der Waals surface area contributed by atoms with E-state index in [9.17, 15) is 9.50 Å². The maximum absolute atomic E-state index is 12.9. The van der Waals surface area contributed by atoms with Crippen LogP contribution < -0.4 is 0 Å². The lowest BCUT2D eigenvalue weighted by atomic mass is 10.1. The van der Waals surface area contributed by atoms with Gasteiger partial charge >= 0.3 is 0 Å². The van der Waals surface area contributed by atoms with Gasteiger partial charge in [0.1, 0.15) is 5.82 Å². The van der Waals surface area contributed by atoms with E-state index in [4.69, 9.17) is 0 Å². The Morgan fingerprint density at radius 2 is 2.25 bits per heavy atom. The van der Waals surface area contributed by atoms with E-state index in [0.29, 0.717) is 16.5 Å². The van der Waals surface area contributed by atoms with E-state index < -0.39 is 6.10 Å². The lowest BCUT2D eigenvalue weighted by molar-refractivity contribution is 0.205. The average Bonchev–Trinajstić information content (AvgIpc) is 2.08. The van der Waals surface area contributed by atoms with Crippen LogP contribution in [0.1, 0.15) is 17.2 Å². The van der Waals surface area contributed by atoms with Crippen LogP contribution in [0, 0.1) is 12.7 Å². The number of rotatable bonds is 2. The summed E-state index contributed by atoms with van der Waals surface area (Å²) in [6, 6.07) is 4.75. The fourth-order valence-electron chi connectivity index (χ4n) is 0.905. The Labute approximate surface area is 79.4 Å². The SMILES string of the molecule is Cc1ccc([C@H](O)CBr)cc1F. The summed E-state index contributed by atoms with van der Waals surface area (Å²) < 4.78 is 12.9. The van der Waals surface area contributed by atoms with Gasteiger partial charge in [-0.05, 0) is 24.1 Å². The molecule has 0 bridgehead atoms. The van der Waals surface area contributed by atoms with Gasteiger partial charge in [-0.1, -0.05) is 28.1 Å². The molecule has 0 aliphatic heterocycles. The number of aliphatic hydroxyl groups excluding tert-OH is 1. The summed E-state index contributed by atoms with van der Waals surface area (Å²) in [6.07, 6.45) is -0.625. The molecular formula is C9H10BrFO. The van der Waals surface area contributed by atoms with Gasteiger partial charge in [-0.3, -0.25) is 0 Å². The third-order valence-electron chi connectivity index (χ3n) is 1.73. The van der Waals surface area contributed by atoms with Crippen LogP contribution in [0.15, 0.2) is 18.2 Å². The van der Waals surface area contributed by atoms with Crippen molar-refractivity contribution in [2.24, 2.45) is 0 Å². The van der Waals surface area contributed by atoms with Gasteiger partial charge in [-0.15, -0.1) is 0 Å². The van der Waals surface area contributed by atoms with Gasteiger partial charge < -0.3 is 5.11 Å². The first-order chi connectivity index (χ1) is 5.65. The summed E-state index contributed by atoms with van der Waals surface area (Å²) >= 11 is 3.12. The smallest absolute Gasteiger partial charge is 0.126 e. The van der Waals surface area contributed by atoms with Crippen molar-refractivity contribution in [3.8, 4) is 0 Å². The molecule has 1 rings (SSSR count). The zero-order valence-corrected chi connectivity index (χ0v) is 8.31. The fourth-order valence-corrected chi connectivity index (χ4v) is 1.28. The molecular weight excluding hydrogens is 223 g/mol. The van der Waals surface area contributed by atoms with Crippen molar-refractivity contribution in [3.63, 3.8) is 0 Å². The molecule has 0 aromatic heterocycles. The van der Waals surface area contributed by atoms with Crippen molar-refractivity contribution in [2.75, 3.05) is 5.33 Å². The number of hydrogen-bond acceptors (Lipinski definition) is 1. The topological polar surface area (TPSA) is 20.2 Å². The minimum atomic E-state index is -0.625. The summed E-state index contributed by atoms with van der Waals surface area (Å²) in [4.78, 5) is 0. The van der Waals surface area contributed by atoms with Crippen LogP contribution in [-0.4, -0.2) is 10.4 Å². The summed E-state index contributed by atoms with van der Waals surface area (Å²) in [5.74, 6) is -0.271. The van der Waals surface area contributed by atoms with Crippen molar-refractivity contribution in [1.82, 2.24) is 0 Å². The van der Waals surface area contributed by atoms with Crippen molar-refractivity contribution < 1.29 is 9.50 Å². The van der Waals surface area contributed by atoms with Gasteiger partial charge in [0, 0.05) is 5.33 Å². The molecule has 1 nitrogen and oxygen atoms in total. The molecule has 0 heterocycles. The highest BCUT2D eigenvalue weighted by Gasteiger charge is 2.06. The van der Waals surface area contributed by atoms with Crippen LogP contribution in [0.4, 0.5) is 4.39 Å². The summed E-state index contributed by atoms with van der Waals surface area (Å²) in [5, 5.41) is 9.76. The molecule has 1 aromatic rings. The quantitative estimate of drug-likeness (QED) is 0.778. The number of aliphatic hydroxyl groups is 1. The first-order valence-electron chi connectivity index (χ1n) is 3.65. The predicted molar refractivity (Wildman–Crippen MR) is 49.9 cm³/mol. The highest BCUT2D eigenvalue weighted by Crippen LogP contribution is 2.17. The normalized spacial score (nSPS) is 13.0. The lowest BCUT2D eigenvalue weighted by Crippen LogP contribution is -1.99. The maximum atomic E-state index is 12.9. The Morgan fingerprint density at radius 1 is 1.58 bits per heavy atom. The molecule has 66 valence electrons. The number of hydrogen-bond donors (Lipinski definition) is 1. The van der Waals surface area contributed by atoms with Crippen molar-refractivity contribution in [2.45, 2.75) is 13.0 Å². The Morgan fingerprint density at radius 3 is 2.75 bits per heavy atom. The average molecular weight is 233 g/mol. The summed E-state index contributed by atoms with van der Waals surface area (Å²) in [5.41, 5.74) is 1.20. The highest BCUT2D eigenvalue weighted by molar-refractivity contribution is 9.09. The van der Waals surface area contributed by atoms with Crippen LogP contribution >= 0.6 is 15.9 Å². The Hall–Kier alpha value is -0.410. The van der Waals surface area contributed by atoms with Crippen LogP contribution in [0.3, 0.4) is 0 Å². The molecule has 0 saturated heterocycles. The molecule has 1 atom stereocenters. The van der Waals surface area contributed by atoms with E-state index in [1.165, 1.54) is 6.07 Å². The highest BCUT2D eigenvalue weighted by atomic mass is 79.9. The zero-order chi connectivity index (χ0) is 9.14. The number of alkyl halides is 1. The number of aryl methyl sites for hydroxylation is 1. The molecule has 0 fully saturated rings. The van der Waals surface area contributed by atoms with Gasteiger partial charge in [-0.2, -0.15) is 0 Å². The second-order valence-electron chi connectivity index (χ2n) is 2.68. The van der Waals surface area contributed by atoms with Gasteiger partial charge in [0.25, 0.3) is 0 Å². The summed E-state index contributed by atoms with van der Waals surface area (Å²) in [6.45, 7) is 1.69. The van der Waals surface area contributed by atoms with E-state index >= 15 is 0 Å². The zero-order valence-electron chi connectivity index (χ0n) is 6.72. The molecule has 0 aliphatic rings. The fraction of sp³-hybridized carbons (Fsp3) is 0.333. The summed E-state index contributed by atoms with van der Waals surface area (Å²) in [7, 11) is 0. The largest absolute Gasteiger partial charge is 0.388 e. The van der Waals surface area contributed by atoms with E-state index in [2.05, 4.69) is 15.9 Å². The monoisotopic (exact) mass is 232 g/mol. The minimum Gasteiger partial charge on any atom is -0.388 e. The van der Waals surface area contributed by atoms with Gasteiger partial charge in [0.2, 0.25) is 0 Å². The van der Waals surface area contributed by atoms with Gasteiger partial charge in [-0.25, -0.2) is 4.39 Å². The van der Waals surface area contributed by atoms with Gasteiger partial charge in [0.15, 0.2) is 0 Å². The Bertz CT molecular complexity index is 275. The van der Waals surface area contributed by atoms with Crippen molar-refractivity contribution >= 4 is 15.9 Å². The second kappa shape index (κ2) is 4.01. The first-order valence-corrected chi connectivity index (χ1v) is 4.77. The molecule has 0 saturated carbocycles. The van der Waals surface area contributed by atoms with Crippen LogP contribution in [-0.2, 0) is 0 Å². The number of benzene rings is 1. The Balaban J connectivity index is 2.96. The lowest BCUT2D eigenvalue weighted by Gasteiger charge is -2.07. The maximum Gasteiger partial charge on any atom is 0.126 e. The van der Waals surface area contributed by atoms with E-state index in [-0.39, 0.29) is 5.82 Å². The number of halogens is 2. The third-order valence-corrected chi connectivity index (χ3v) is 2.34. The van der Waals surface area contributed by atoms with Crippen LogP contribution in [0.25, 0.3) is 0 Å². The molecule has 3 heteroatoms. The molecule has 0 radical (unpaired) electrons. The second-order valence-corrected chi connectivity index (χ2v) is 3.33. The standard InChI is InChI=1S/C9H10BrFO/c1-6-2-3-7(4-8(6)11)9(12)5-10/h2-4,9,12H,5H2,1H3/t9-/m1/s1. The van der Waals surface area contributed by atoms with Crippen molar-refractivity contribution in [3.05, 3.63) is 35.1 Å². The molecule has 0 unspecified atom stereocenters. The molecule has 0 spiro atoms. The van der Waals surface area contributed by atoms with E-state index in [1.807, 2.05) is 0 Å². The van der Waals surface area contributed by atoms with E-state index in [0.717, 1.165) is 0 Å². The molecule has 12 heavy (non-hydrogen) atoms. The molecule has 1 aromatic carbocycles.